The van der Waals surface area contributed by atoms with Crippen LogP contribution in [0.4, 0.5) is 4.79 Å². The quantitative estimate of drug-likeness (QED) is 0.308. The van der Waals surface area contributed by atoms with E-state index in [2.05, 4.69) is 10.6 Å². The molecular formula is CH4N2O4S. The van der Waals surface area contributed by atoms with Gasteiger partial charge in [-0.15, -0.1) is 0 Å². The zero-order chi connectivity index (χ0) is 6.57. The molecule has 0 aliphatic heterocycles. The molecule has 0 aromatic rings. The topological polar surface area (TPSA) is 98.5 Å². The van der Waals surface area contributed by atoms with Crippen molar-refractivity contribution in [1.82, 2.24) is 4.89 Å². The van der Waals surface area contributed by atoms with Gasteiger partial charge in [0, 0.05) is 0 Å². The van der Waals surface area contributed by atoms with Crippen molar-refractivity contribution in [2.75, 3.05) is 0 Å². The predicted octanol–water partition coefficient (Wildman–Crippen LogP) is -1.89. The van der Waals surface area contributed by atoms with Gasteiger partial charge in [-0.25, -0.2) is 13.2 Å². The van der Waals surface area contributed by atoms with Gasteiger partial charge >= 0.3 is 6.09 Å². The summed E-state index contributed by atoms with van der Waals surface area (Å²) in [5.74, 6) is 0. The third-order valence-corrected chi connectivity index (χ3v) is 0.461. The molecule has 0 saturated carbocycles. The maximum absolute atomic E-state index is 9.57. The van der Waals surface area contributed by atoms with Crippen molar-refractivity contribution in [3.63, 3.8) is 0 Å². The molecule has 0 saturated heterocycles. The van der Waals surface area contributed by atoms with Crippen LogP contribution in [0.15, 0.2) is 0 Å². The normalized spacial score (nSPS) is 9.12. The monoisotopic (exact) mass is 140 g/mol. The second-order valence-corrected chi connectivity index (χ2v) is 1.47. The Bertz CT molecular complexity index is 142. The summed E-state index contributed by atoms with van der Waals surface area (Å²) in [6.45, 7) is 0. The molecule has 0 bridgehead atoms. The van der Waals surface area contributed by atoms with Crippen molar-refractivity contribution < 1.29 is 18.0 Å². The second kappa shape index (κ2) is 3.22. The number of thiol groups is 1. The minimum absolute atomic E-state index is 1.19. The molecule has 0 heterocycles. The highest BCUT2D eigenvalue weighted by molar-refractivity contribution is 7.70. The van der Waals surface area contributed by atoms with E-state index in [0.717, 1.165) is 0 Å². The molecule has 0 fully saturated rings. The Morgan fingerprint density at radius 1 is 1.62 bits per heavy atom. The van der Waals surface area contributed by atoms with Gasteiger partial charge in [0.15, 0.2) is 0 Å². The second-order valence-electron chi connectivity index (χ2n) is 0.769. The molecule has 0 atom stereocenters. The summed E-state index contributed by atoms with van der Waals surface area (Å²) in [5, 5.41) is 0. The molecule has 0 unspecified atom stereocenters. The fourth-order valence-electron chi connectivity index (χ4n) is 0.0823. The number of primary amides is 1. The number of rotatable bonds is 2. The molecule has 0 rings (SSSR count). The van der Waals surface area contributed by atoms with Crippen LogP contribution in [0.2, 0.25) is 0 Å². The van der Waals surface area contributed by atoms with Crippen LogP contribution in [-0.2, 0) is 15.7 Å². The first-order valence-electron chi connectivity index (χ1n) is 1.49. The van der Waals surface area contributed by atoms with Crippen molar-refractivity contribution in [2.24, 2.45) is 5.73 Å². The van der Waals surface area contributed by atoms with Gasteiger partial charge in [0.05, 0.1) is 0 Å². The molecule has 0 radical (unpaired) electrons. The number of amides is 1. The van der Waals surface area contributed by atoms with Gasteiger partial charge < -0.3 is 10.6 Å². The van der Waals surface area contributed by atoms with Crippen molar-refractivity contribution in [1.29, 1.82) is 0 Å². The Hall–Kier alpha value is -0.820. The van der Waals surface area contributed by atoms with E-state index in [9.17, 15) is 13.2 Å². The molecule has 6 nitrogen and oxygen atoms in total. The molecule has 7 heteroatoms. The van der Waals surface area contributed by atoms with Gasteiger partial charge in [-0.1, -0.05) is 0 Å². The van der Waals surface area contributed by atoms with E-state index < -0.39 is 17.0 Å². The van der Waals surface area contributed by atoms with Gasteiger partial charge in [-0.3, -0.25) is 0 Å². The van der Waals surface area contributed by atoms with Crippen LogP contribution in [0.25, 0.3) is 0 Å². The number of hydrogen-bond donors (Lipinski definition) is 3. The SMILES string of the molecule is NC(=O)ON[SH](=O)=O. The van der Waals surface area contributed by atoms with E-state index in [-0.39, 0.29) is 0 Å². The third-order valence-electron chi connectivity index (χ3n) is 0.221. The summed E-state index contributed by atoms with van der Waals surface area (Å²) in [6.07, 6.45) is -1.19. The smallest absolute Gasteiger partial charge is 0.339 e. The summed E-state index contributed by atoms with van der Waals surface area (Å²) in [7, 11) is -2.91. The van der Waals surface area contributed by atoms with Gasteiger partial charge in [0.2, 0.25) is 10.9 Å². The number of nitrogens with one attached hydrogen (secondary N) is 1. The van der Waals surface area contributed by atoms with Gasteiger partial charge in [0.25, 0.3) is 0 Å². The van der Waals surface area contributed by atoms with Crippen LogP contribution in [0.1, 0.15) is 0 Å². The van der Waals surface area contributed by atoms with Gasteiger partial charge in [-0.2, -0.15) is 0 Å². The number of hydrogen-bond acceptors (Lipinski definition) is 4. The number of carbonyl (C=O) groups excluding carboxylic acids is 1. The Balaban J connectivity index is 3.32. The highest BCUT2D eigenvalue weighted by Crippen LogP contribution is 1.61. The highest BCUT2D eigenvalue weighted by Gasteiger charge is 1.89. The van der Waals surface area contributed by atoms with Gasteiger partial charge in [-0.05, 0) is 4.89 Å². The minimum Gasteiger partial charge on any atom is -0.339 e. The first-order chi connectivity index (χ1) is 3.63. The summed E-state index contributed by atoms with van der Waals surface area (Å²) < 4.78 is 19.0. The molecule has 48 valence electrons. The molecule has 0 aromatic heterocycles. The molecule has 3 N–H and O–H groups in total. The summed E-state index contributed by atoms with van der Waals surface area (Å²) >= 11 is 0. The van der Waals surface area contributed by atoms with E-state index in [1.807, 2.05) is 0 Å². The molecular weight excluding hydrogens is 136 g/mol. The molecule has 0 aliphatic carbocycles. The lowest BCUT2D eigenvalue weighted by atomic mass is 11.3. The molecule has 0 aromatic carbocycles. The highest BCUT2D eigenvalue weighted by atomic mass is 32.2. The molecule has 1 amide bonds. The number of carbonyl (C=O) groups is 1. The first kappa shape index (κ1) is 7.18. The van der Waals surface area contributed by atoms with Crippen LogP contribution < -0.4 is 10.6 Å². The van der Waals surface area contributed by atoms with Crippen molar-refractivity contribution in [3.05, 3.63) is 0 Å². The Kier molecular flexibility index (Phi) is 2.89. The lowest BCUT2D eigenvalue weighted by molar-refractivity contribution is 0.136. The molecule has 0 spiro atoms. The van der Waals surface area contributed by atoms with E-state index in [1.165, 1.54) is 4.89 Å². The maximum Gasteiger partial charge on any atom is 0.424 e. The summed E-state index contributed by atoms with van der Waals surface area (Å²) in [4.78, 5) is 14.5. The molecule has 8 heavy (non-hydrogen) atoms. The summed E-state index contributed by atoms with van der Waals surface area (Å²) in [6, 6.07) is 0. The van der Waals surface area contributed by atoms with Crippen molar-refractivity contribution >= 4 is 17.0 Å². The Morgan fingerprint density at radius 2 is 2.12 bits per heavy atom. The largest absolute Gasteiger partial charge is 0.424 e. The van der Waals surface area contributed by atoms with Crippen LogP contribution in [-0.4, -0.2) is 14.5 Å². The first-order valence-corrected chi connectivity index (χ1v) is 2.67. The number of nitrogens with two attached hydrogens (primary N) is 1. The van der Waals surface area contributed by atoms with Crippen LogP contribution in [0.5, 0.6) is 0 Å². The molecule has 0 aliphatic rings. The van der Waals surface area contributed by atoms with Gasteiger partial charge in [0.1, 0.15) is 0 Å². The van der Waals surface area contributed by atoms with E-state index >= 15 is 0 Å². The van der Waals surface area contributed by atoms with Crippen LogP contribution in [0.3, 0.4) is 0 Å². The summed E-state index contributed by atoms with van der Waals surface area (Å²) in [5.41, 5.74) is 4.35. The zero-order valence-electron chi connectivity index (χ0n) is 3.66. The fraction of sp³-hybridized carbons (Fsp3) is 0. The van der Waals surface area contributed by atoms with E-state index in [1.54, 1.807) is 0 Å². The minimum atomic E-state index is -2.91. The lowest BCUT2D eigenvalue weighted by Crippen LogP contribution is -2.22. The fourth-order valence-corrected chi connectivity index (χ4v) is 0.247. The lowest BCUT2D eigenvalue weighted by Gasteiger charge is -1.90. The van der Waals surface area contributed by atoms with Crippen LogP contribution >= 0.6 is 0 Å². The Morgan fingerprint density at radius 3 is 2.25 bits per heavy atom. The Labute approximate surface area is 46.7 Å². The predicted molar refractivity (Wildman–Crippen MR) is 24.1 cm³/mol. The van der Waals surface area contributed by atoms with Crippen molar-refractivity contribution in [2.45, 2.75) is 0 Å². The third kappa shape index (κ3) is 5.18. The zero-order valence-corrected chi connectivity index (χ0v) is 4.55. The van der Waals surface area contributed by atoms with Crippen molar-refractivity contribution in [3.8, 4) is 0 Å². The average molecular weight is 140 g/mol. The van der Waals surface area contributed by atoms with Crippen LogP contribution in [0, 0.1) is 0 Å². The van der Waals surface area contributed by atoms with E-state index in [0.29, 0.717) is 0 Å². The average Bonchev–Trinajstić information content (AvgIpc) is 1.61. The standard InChI is InChI=1S/CH4N2O4S/c2-1(4)7-3-8(5)6/h8H,(H2,2,4)(H,3,5,6). The van der Waals surface area contributed by atoms with E-state index in [4.69, 9.17) is 0 Å². The maximum atomic E-state index is 9.57.